The molecule has 0 saturated carbocycles. The third-order valence-corrected chi connectivity index (χ3v) is 17.2. The summed E-state index contributed by atoms with van der Waals surface area (Å²) in [4.78, 5) is 25.8. The Bertz CT molecular complexity index is 959. The summed E-state index contributed by atoms with van der Waals surface area (Å²) in [5.74, 6) is -1.31. The first kappa shape index (κ1) is 37.5. The Morgan fingerprint density at radius 1 is 0.585 bits per heavy atom. The van der Waals surface area contributed by atoms with E-state index in [0.29, 0.717) is 0 Å². The van der Waals surface area contributed by atoms with Crippen LogP contribution in [-0.2, 0) is 23.6 Å². The maximum absolute atomic E-state index is 14.1. The van der Waals surface area contributed by atoms with Crippen molar-refractivity contribution in [3.05, 3.63) is 29.3 Å². The van der Waals surface area contributed by atoms with Crippen LogP contribution >= 0.6 is 6.83 Å². The average Bonchev–Trinajstić information content (AvgIpc) is 2.92. The Morgan fingerprint density at radius 2 is 0.976 bits per heavy atom. The molecule has 9 heteroatoms. The van der Waals surface area contributed by atoms with E-state index in [9.17, 15) is 18.0 Å². The minimum absolute atomic E-state index is 0.0142. The number of esters is 2. The summed E-state index contributed by atoms with van der Waals surface area (Å²) in [5, 5.41) is 0. The number of ether oxygens (including phenoxy) is 2. The molecule has 1 aromatic rings. The van der Waals surface area contributed by atoms with E-state index in [-0.39, 0.29) is 29.2 Å². The summed E-state index contributed by atoms with van der Waals surface area (Å²) < 4.78 is 45.5. The van der Waals surface area contributed by atoms with Gasteiger partial charge in [-0.2, -0.15) is 0 Å². The molecule has 0 aliphatic carbocycles. The molecule has 1 aromatic carbocycles. The molecule has 0 atom stereocenters. The van der Waals surface area contributed by atoms with Crippen molar-refractivity contribution in [3.8, 4) is 0 Å². The predicted octanol–water partition coefficient (Wildman–Crippen LogP) is 8.97. The van der Waals surface area contributed by atoms with E-state index < -0.39 is 28.9 Å². The molecule has 238 valence electrons. The minimum atomic E-state index is -4.30. The van der Waals surface area contributed by atoms with Crippen LogP contribution in [0.3, 0.4) is 0 Å². The molecular formula is C32H57O7PS. The van der Waals surface area contributed by atoms with E-state index >= 15 is 0 Å². The number of rotatable bonds is 23. The van der Waals surface area contributed by atoms with Crippen LogP contribution in [0.2, 0.25) is 0 Å². The molecule has 0 aromatic heterocycles. The first-order chi connectivity index (χ1) is 19.6. The quantitative estimate of drug-likeness (QED) is 0.0688. The van der Waals surface area contributed by atoms with Crippen molar-refractivity contribution in [2.24, 2.45) is 0 Å². The van der Waals surface area contributed by atoms with Gasteiger partial charge in [0, 0.05) is 0 Å². The van der Waals surface area contributed by atoms with Crippen molar-refractivity contribution in [2.45, 2.75) is 123 Å². The van der Waals surface area contributed by atoms with Crippen LogP contribution in [0, 0.1) is 0 Å². The van der Waals surface area contributed by atoms with Gasteiger partial charge in [0.15, 0.2) is 0 Å². The molecule has 0 heterocycles. The summed E-state index contributed by atoms with van der Waals surface area (Å²) in [6, 6.07) is 3.96. The molecule has 0 fully saturated rings. The second-order valence-corrected chi connectivity index (χ2v) is 18.9. The number of hydrogen-bond acceptors (Lipinski definition) is 7. The standard InChI is InChI=1S/C32H57O7PS/c1-7-13-15-17-19-37-31(33)28-25-29(32(34)38-20-18-16-14-8-2)27-30(26-28)41(35,36)39-40(21-9-3,22-10-4,23-11-5)24-12-6/h25-27H,7-24H2,1-6H3. The third kappa shape index (κ3) is 12.0. The number of carbonyl (C=O) groups is 2. The average molecular weight is 617 g/mol. The number of carbonyl (C=O) groups excluding carboxylic acids is 2. The second kappa shape index (κ2) is 18.9. The van der Waals surface area contributed by atoms with E-state index in [0.717, 1.165) is 102 Å². The first-order valence-corrected chi connectivity index (χ1v) is 20.3. The van der Waals surface area contributed by atoms with Crippen LogP contribution in [0.15, 0.2) is 23.1 Å². The SMILES string of the molecule is CCCCCCOC(=O)c1cc(C(=O)OCCCCCC)cc(S(=O)(=O)OP(CCC)(CCC)(CCC)CCC)c1. The van der Waals surface area contributed by atoms with E-state index in [1.54, 1.807) is 0 Å². The topological polar surface area (TPSA) is 96.0 Å². The van der Waals surface area contributed by atoms with Crippen LogP contribution in [-0.4, -0.2) is 58.2 Å². The molecule has 0 amide bonds. The molecular weight excluding hydrogens is 559 g/mol. The number of unbranched alkanes of at least 4 members (excludes halogenated alkanes) is 6. The molecule has 7 nitrogen and oxygen atoms in total. The van der Waals surface area contributed by atoms with Crippen molar-refractivity contribution < 1.29 is 31.5 Å². The number of benzene rings is 1. The molecule has 1 rings (SSSR count). The summed E-state index contributed by atoms with van der Waals surface area (Å²) in [6.45, 7) is 9.83. The van der Waals surface area contributed by atoms with Crippen LogP contribution in [0.25, 0.3) is 0 Å². The van der Waals surface area contributed by atoms with Gasteiger partial charge in [0.2, 0.25) is 0 Å². The third-order valence-electron chi connectivity index (χ3n) is 7.59. The molecule has 0 bridgehead atoms. The Labute approximate surface area is 250 Å². The zero-order valence-corrected chi connectivity index (χ0v) is 28.4. The fourth-order valence-corrected chi connectivity index (χ4v) is 16.1. The zero-order valence-electron chi connectivity index (χ0n) is 26.7. The molecule has 0 aliphatic rings. The molecule has 0 aliphatic heterocycles. The van der Waals surface area contributed by atoms with Crippen molar-refractivity contribution in [1.29, 1.82) is 0 Å². The van der Waals surface area contributed by atoms with Gasteiger partial charge in [0.25, 0.3) is 0 Å². The summed E-state index contributed by atoms with van der Waals surface area (Å²) in [5.41, 5.74) is 0.0285. The zero-order chi connectivity index (χ0) is 30.8. The van der Waals surface area contributed by atoms with Gasteiger partial charge < -0.3 is 0 Å². The van der Waals surface area contributed by atoms with Gasteiger partial charge in [-0.15, -0.1) is 0 Å². The van der Waals surface area contributed by atoms with Crippen LogP contribution in [0.5, 0.6) is 0 Å². The Balaban J connectivity index is 3.51. The summed E-state index contributed by atoms with van der Waals surface area (Å²) >= 11 is 0. The molecule has 0 spiro atoms. The summed E-state index contributed by atoms with van der Waals surface area (Å²) in [7, 11) is -4.30. The Morgan fingerprint density at radius 3 is 1.32 bits per heavy atom. The number of hydrogen-bond donors (Lipinski definition) is 0. The normalized spacial score (nSPS) is 13.0. The molecule has 0 N–H and O–H groups in total. The van der Waals surface area contributed by atoms with Gasteiger partial charge in [0.05, 0.1) is 0 Å². The van der Waals surface area contributed by atoms with Crippen LogP contribution in [0.1, 0.15) is 139 Å². The van der Waals surface area contributed by atoms with Crippen molar-refractivity contribution in [1.82, 2.24) is 0 Å². The van der Waals surface area contributed by atoms with E-state index in [4.69, 9.17) is 13.4 Å². The molecule has 0 radical (unpaired) electrons. The Hall–Kier alpha value is -1.50. The predicted molar refractivity (Wildman–Crippen MR) is 171 cm³/mol. The second-order valence-electron chi connectivity index (χ2n) is 11.4. The molecule has 0 saturated heterocycles. The van der Waals surface area contributed by atoms with Gasteiger partial charge in [-0.25, -0.2) is 0 Å². The van der Waals surface area contributed by atoms with E-state index in [1.165, 1.54) is 18.2 Å². The van der Waals surface area contributed by atoms with E-state index in [1.807, 2.05) is 0 Å². The van der Waals surface area contributed by atoms with Crippen molar-refractivity contribution in [2.75, 3.05) is 37.9 Å². The Kier molecular flexibility index (Phi) is 17.3. The van der Waals surface area contributed by atoms with Gasteiger partial charge in [-0.05, 0) is 0 Å². The van der Waals surface area contributed by atoms with Gasteiger partial charge in [-0.1, -0.05) is 13.8 Å². The van der Waals surface area contributed by atoms with Crippen molar-refractivity contribution >= 4 is 28.9 Å². The van der Waals surface area contributed by atoms with Crippen LogP contribution in [0.4, 0.5) is 0 Å². The van der Waals surface area contributed by atoms with Crippen molar-refractivity contribution in [3.63, 3.8) is 0 Å². The molecule has 41 heavy (non-hydrogen) atoms. The van der Waals surface area contributed by atoms with Crippen LogP contribution < -0.4 is 0 Å². The van der Waals surface area contributed by atoms with Gasteiger partial charge in [-0.3, -0.25) is 0 Å². The summed E-state index contributed by atoms with van der Waals surface area (Å²) in [6.07, 6.45) is 13.8. The fraction of sp³-hybridized carbons (Fsp3) is 0.750. The van der Waals surface area contributed by atoms with Gasteiger partial charge in [0.1, 0.15) is 0 Å². The maximum atomic E-state index is 14.1. The van der Waals surface area contributed by atoms with E-state index in [2.05, 4.69) is 41.5 Å². The molecule has 0 unspecified atom stereocenters. The van der Waals surface area contributed by atoms with Gasteiger partial charge >= 0.3 is 237 Å². The fourth-order valence-electron chi connectivity index (χ4n) is 5.94. The monoisotopic (exact) mass is 616 g/mol. The first-order valence-electron chi connectivity index (χ1n) is 16.0.